The summed E-state index contributed by atoms with van der Waals surface area (Å²) in [6, 6.07) is 10.6. The number of carbonyl (C=O) groups excluding carboxylic acids is 2. The smallest absolute Gasteiger partial charge is 0.355 e. The fraction of sp³-hybridized carbons (Fsp3) is 0.304. The van der Waals surface area contributed by atoms with E-state index in [1.807, 2.05) is 18.2 Å². The maximum atomic E-state index is 12.4. The highest BCUT2D eigenvalue weighted by Gasteiger charge is 2.29. The second-order valence-electron chi connectivity index (χ2n) is 7.84. The molecule has 4 rings (SSSR count). The lowest BCUT2D eigenvalue weighted by molar-refractivity contribution is -0.148. The molecule has 0 atom stereocenters. The molecule has 11 heteroatoms. The molecular weight excluding hydrogens is 449 g/mol. The molecule has 0 unspecified atom stereocenters. The molecule has 2 aromatic heterocycles. The van der Waals surface area contributed by atoms with Crippen molar-refractivity contribution in [2.45, 2.75) is 25.4 Å². The normalized spacial score (nSPS) is 14.1. The molecule has 0 saturated carbocycles. The molecule has 0 saturated heterocycles. The Labute approximate surface area is 193 Å². The number of nitrogens with zero attached hydrogens (tertiary/aromatic N) is 4. The number of fused-ring (bicyclic) bond motifs is 1. The number of benzene rings is 1. The topological polar surface area (TPSA) is 91.6 Å². The summed E-state index contributed by atoms with van der Waals surface area (Å²) in [6.07, 6.45) is -1.86. The van der Waals surface area contributed by atoms with E-state index in [4.69, 9.17) is 0 Å². The number of pyridine rings is 1. The van der Waals surface area contributed by atoms with Gasteiger partial charge in [-0.05, 0) is 48.4 Å². The van der Waals surface area contributed by atoms with Crippen molar-refractivity contribution in [1.82, 2.24) is 24.8 Å². The number of hydrogen-bond donors (Lipinski definition) is 2. The van der Waals surface area contributed by atoms with Gasteiger partial charge in [-0.2, -0.15) is 18.2 Å². The number of alkyl halides is 3. The van der Waals surface area contributed by atoms with Crippen LogP contribution in [0, 0.1) is 0 Å². The Bertz CT molecular complexity index is 1230. The third kappa shape index (κ3) is 5.36. The van der Waals surface area contributed by atoms with E-state index < -0.39 is 24.9 Å². The Morgan fingerprint density at radius 2 is 1.91 bits per heavy atom. The van der Waals surface area contributed by atoms with Crippen molar-refractivity contribution in [3.63, 3.8) is 0 Å². The van der Waals surface area contributed by atoms with Crippen LogP contribution in [-0.4, -0.2) is 57.6 Å². The van der Waals surface area contributed by atoms with Crippen LogP contribution in [-0.2, 0) is 4.79 Å². The Kier molecular flexibility index (Phi) is 6.53. The highest BCUT2D eigenvalue weighted by Crippen LogP contribution is 2.28. The lowest BCUT2D eigenvalue weighted by Gasteiger charge is -2.27. The molecule has 178 valence electrons. The molecule has 8 nitrogen and oxygen atoms in total. The van der Waals surface area contributed by atoms with Gasteiger partial charge in [0.15, 0.2) is 5.65 Å². The number of aromatic nitrogens is 3. The van der Waals surface area contributed by atoms with Gasteiger partial charge in [-0.3, -0.25) is 9.59 Å². The fourth-order valence-corrected chi connectivity index (χ4v) is 3.74. The van der Waals surface area contributed by atoms with Gasteiger partial charge in [-0.25, -0.2) is 4.52 Å². The van der Waals surface area contributed by atoms with Crippen molar-refractivity contribution >= 4 is 34.7 Å². The Morgan fingerprint density at radius 3 is 2.56 bits per heavy atom. The number of halogens is 3. The number of rotatable bonds is 6. The summed E-state index contributed by atoms with van der Waals surface area (Å²) in [5.74, 6) is -0.300. The largest absolute Gasteiger partial charge is 0.389 e. The number of hydrogen-bond acceptors (Lipinski definition) is 5. The molecule has 2 N–H and O–H groups in total. The van der Waals surface area contributed by atoms with Gasteiger partial charge < -0.3 is 15.5 Å². The quantitative estimate of drug-likeness (QED) is 0.570. The molecule has 0 spiro atoms. The molecule has 0 radical (unpaired) electrons. The zero-order valence-corrected chi connectivity index (χ0v) is 18.4. The fourth-order valence-electron chi connectivity index (χ4n) is 3.74. The number of nitrogens with one attached hydrogen (secondary N) is 2. The molecule has 3 aromatic rings. The Morgan fingerprint density at radius 1 is 1.15 bits per heavy atom. The predicted molar refractivity (Wildman–Crippen MR) is 121 cm³/mol. The maximum Gasteiger partial charge on any atom is 0.389 e. The van der Waals surface area contributed by atoms with Gasteiger partial charge in [0.05, 0.1) is 6.42 Å². The van der Waals surface area contributed by atoms with Crippen molar-refractivity contribution in [2.24, 2.45) is 0 Å². The summed E-state index contributed by atoms with van der Waals surface area (Å²) < 4.78 is 38.8. The van der Waals surface area contributed by atoms with Gasteiger partial charge in [-0.15, -0.1) is 5.10 Å². The first kappa shape index (κ1) is 23.3. The SMILES string of the molecule is CNC(=O)c1ccc(Nc2nc3c(C4=CCN(C(=O)CCC(F)(F)F)CC4)cccn3n2)cc1. The minimum absolute atomic E-state index is 0.177. The minimum Gasteiger partial charge on any atom is -0.355 e. The number of carbonyl (C=O) groups is 2. The minimum atomic E-state index is -4.34. The monoisotopic (exact) mass is 472 g/mol. The van der Waals surface area contributed by atoms with Crippen molar-refractivity contribution in [3.05, 3.63) is 59.8 Å². The van der Waals surface area contributed by atoms with Crippen LogP contribution in [0.3, 0.4) is 0 Å². The van der Waals surface area contributed by atoms with Gasteiger partial charge in [0.1, 0.15) is 0 Å². The average molecular weight is 472 g/mol. The molecule has 1 aliphatic heterocycles. The van der Waals surface area contributed by atoms with Crippen molar-refractivity contribution < 1.29 is 22.8 Å². The summed E-state index contributed by atoms with van der Waals surface area (Å²) in [4.78, 5) is 29.8. The standard InChI is InChI=1S/C23H23F3N6O2/c1-27-21(34)16-4-6-17(7-5-16)28-22-29-20-18(3-2-12-32(20)30-22)15-9-13-31(14-10-15)19(33)8-11-23(24,25)26/h2-7,9,12H,8,10-11,13-14H2,1H3,(H,27,34)(H,28,30). The first-order valence-electron chi connectivity index (χ1n) is 10.7. The summed E-state index contributed by atoms with van der Waals surface area (Å²) in [7, 11) is 1.57. The van der Waals surface area contributed by atoms with Gasteiger partial charge in [-0.1, -0.05) is 6.08 Å². The van der Waals surface area contributed by atoms with Crippen molar-refractivity contribution in [3.8, 4) is 0 Å². The average Bonchev–Trinajstić information content (AvgIpc) is 3.24. The first-order chi connectivity index (χ1) is 16.2. The van der Waals surface area contributed by atoms with E-state index in [-0.39, 0.29) is 12.5 Å². The molecule has 0 aliphatic carbocycles. The van der Waals surface area contributed by atoms with E-state index in [2.05, 4.69) is 20.7 Å². The summed E-state index contributed by atoms with van der Waals surface area (Å²) in [5.41, 5.74) is 3.68. The molecule has 1 aliphatic rings. The van der Waals surface area contributed by atoms with E-state index in [0.717, 1.165) is 16.8 Å². The third-order valence-electron chi connectivity index (χ3n) is 5.52. The van der Waals surface area contributed by atoms with E-state index in [1.54, 1.807) is 42.0 Å². The summed E-state index contributed by atoms with van der Waals surface area (Å²) in [5, 5.41) is 10.1. The molecule has 34 heavy (non-hydrogen) atoms. The van der Waals surface area contributed by atoms with E-state index in [0.29, 0.717) is 30.1 Å². The van der Waals surface area contributed by atoms with Crippen molar-refractivity contribution in [1.29, 1.82) is 0 Å². The summed E-state index contributed by atoms with van der Waals surface area (Å²) in [6.45, 7) is 0.602. The Hall–Kier alpha value is -3.89. The molecule has 2 amide bonds. The highest BCUT2D eigenvalue weighted by atomic mass is 19.4. The maximum absolute atomic E-state index is 12.4. The van der Waals surface area contributed by atoms with Gasteiger partial charge >= 0.3 is 6.18 Å². The van der Waals surface area contributed by atoms with E-state index >= 15 is 0 Å². The van der Waals surface area contributed by atoms with Crippen LogP contribution < -0.4 is 10.6 Å². The Balaban J connectivity index is 1.48. The third-order valence-corrected chi connectivity index (χ3v) is 5.52. The van der Waals surface area contributed by atoms with E-state index in [9.17, 15) is 22.8 Å². The van der Waals surface area contributed by atoms with Crippen LogP contribution >= 0.6 is 0 Å². The second kappa shape index (κ2) is 9.54. The predicted octanol–water partition coefficient (Wildman–Crippen LogP) is 3.79. The van der Waals surface area contributed by atoms with Gasteiger partial charge in [0, 0.05) is 49.6 Å². The molecule has 0 bridgehead atoms. The van der Waals surface area contributed by atoms with Crippen LogP contribution in [0.5, 0.6) is 0 Å². The molecule has 0 fully saturated rings. The van der Waals surface area contributed by atoms with Gasteiger partial charge in [0.2, 0.25) is 11.9 Å². The van der Waals surface area contributed by atoms with Gasteiger partial charge in [0.25, 0.3) is 5.91 Å². The molecule has 3 heterocycles. The zero-order chi connectivity index (χ0) is 24.3. The lowest BCUT2D eigenvalue weighted by Crippen LogP contribution is -2.35. The van der Waals surface area contributed by atoms with Crippen LogP contribution in [0.2, 0.25) is 0 Å². The van der Waals surface area contributed by atoms with Crippen LogP contribution in [0.1, 0.15) is 35.2 Å². The summed E-state index contributed by atoms with van der Waals surface area (Å²) >= 11 is 0. The lowest BCUT2D eigenvalue weighted by atomic mass is 10.00. The highest BCUT2D eigenvalue weighted by molar-refractivity contribution is 5.94. The second-order valence-corrected chi connectivity index (χ2v) is 7.84. The van der Waals surface area contributed by atoms with Crippen LogP contribution in [0.25, 0.3) is 11.2 Å². The van der Waals surface area contributed by atoms with Crippen LogP contribution in [0.15, 0.2) is 48.7 Å². The first-order valence-corrected chi connectivity index (χ1v) is 10.7. The number of anilines is 2. The van der Waals surface area contributed by atoms with E-state index in [1.165, 1.54) is 4.90 Å². The van der Waals surface area contributed by atoms with Crippen LogP contribution in [0.4, 0.5) is 24.8 Å². The zero-order valence-electron chi connectivity index (χ0n) is 18.4. The van der Waals surface area contributed by atoms with Crippen molar-refractivity contribution in [2.75, 3.05) is 25.5 Å². The molecule has 1 aromatic carbocycles. The number of amides is 2. The molecular formula is C23H23F3N6O2.